The summed E-state index contributed by atoms with van der Waals surface area (Å²) >= 11 is 0. The molecule has 0 radical (unpaired) electrons. The van der Waals surface area contributed by atoms with E-state index in [1.165, 1.54) is 53.9 Å². The van der Waals surface area contributed by atoms with Gasteiger partial charge in [-0.1, -0.05) is 51.9 Å². The molecule has 38 heavy (non-hydrogen) atoms. The van der Waals surface area contributed by atoms with Gasteiger partial charge in [0.15, 0.2) is 0 Å². The number of carbonyl (C=O) groups excluding carboxylic acids is 2. The van der Waals surface area contributed by atoms with Gasteiger partial charge in [-0.15, -0.1) is 0 Å². The maximum atomic E-state index is 12.4. The van der Waals surface area contributed by atoms with Crippen molar-refractivity contribution in [3.05, 3.63) is 0 Å². The Balaban J connectivity index is 4.71. The van der Waals surface area contributed by atoms with Gasteiger partial charge in [0.2, 0.25) is 11.8 Å². The first kappa shape index (κ1) is 35.2. The Kier molecular flexibility index (Phi) is 20.6. The van der Waals surface area contributed by atoms with Crippen LogP contribution >= 0.6 is 0 Å². The van der Waals surface area contributed by atoms with Crippen molar-refractivity contribution in [1.82, 2.24) is 25.3 Å². The molecule has 0 atom stereocenters. The lowest BCUT2D eigenvalue weighted by molar-refractivity contribution is -0.141. The van der Waals surface area contributed by atoms with Crippen LogP contribution in [-0.4, -0.2) is 132 Å². The molecule has 13 heteroatoms. The van der Waals surface area contributed by atoms with E-state index in [2.05, 4.69) is 17.6 Å². The Bertz CT molecular complexity index is 722. The fourth-order valence-corrected chi connectivity index (χ4v) is 3.87. The van der Waals surface area contributed by atoms with E-state index < -0.39 is 24.5 Å². The summed E-state index contributed by atoms with van der Waals surface area (Å²) in [5.41, 5.74) is 0. The number of nitrogens with zero attached hydrogens (tertiary/aromatic N) is 3. The summed E-state index contributed by atoms with van der Waals surface area (Å²) in [6, 6.07) is 0. The van der Waals surface area contributed by atoms with Crippen LogP contribution in [0.5, 0.6) is 0 Å². The number of nitrogens with one attached hydrogen (secondary N) is 2. The normalized spacial score (nSPS) is 11.2. The Morgan fingerprint density at radius 3 is 1.39 bits per heavy atom. The second kappa shape index (κ2) is 22.2. The van der Waals surface area contributed by atoms with Gasteiger partial charge in [0.1, 0.15) is 0 Å². The first-order valence-electron chi connectivity index (χ1n) is 13.4. The monoisotopic (exact) mass is 545 g/mol. The average Bonchev–Trinajstić information content (AvgIpc) is 2.83. The zero-order valence-corrected chi connectivity index (χ0v) is 23.0. The van der Waals surface area contributed by atoms with Crippen LogP contribution in [0.25, 0.3) is 0 Å². The van der Waals surface area contributed by atoms with Gasteiger partial charge < -0.3 is 26.0 Å². The van der Waals surface area contributed by atoms with Crippen molar-refractivity contribution in [2.75, 3.05) is 72.5 Å². The summed E-state index contributed by atoms with van der Waals surface area (Å²) in [4.78, 5) is 62.1. The number of carboxylic acid groups (broad SMARTS) is 3. The minimum Gasteiger partial charge on any atom is -0.480 e. The number of carboxylic acids is 3. The Hall–Kier alpha value is -2.77. The van der Waals surface area contributed by atoms with Crippen molar-refractivity contribution in [3.8, 4) is 0 Å². The second-order valence-electron chi connectivity index (χ2n) is 9.38. The quantitative estimate of drug-likeness (QED) is 0.0986. The number of amides is 2. The molecule has 0 aliphatic rings. The standard InChI is InChI=1S/C25H47N5O8/c1-3-4-5-6-7-8-9-10-11-27-22(32)17-30(20-25(37)38)15-13-28(18-23(33)34)12-14-29(19-24(35)36)16-21(31)26-2/h3-20H2,1-2H3,(H,26,31)(H,27,32)(H,33,34)(H,35,36)(H,37,38). The molecule has 5 N–H and O–H groups in total. The fraction of sp³-hybridized carbons (Fsp3) is 0.800. The molecule has 0 aromatic heterocycles. The van der Waals surface area contributed by atoms with Gasteiger partial charge in [-0.3, -0.25) is 38.7 Å². The summed E-state index contributed by atoms with van der Waals surface area (Å²) in [6.45, 7) is 1.81. The Morgan fingerprint density at radius 2 is 0.947 bits per heavy atom. The first-order chi connectivity index (χ1) is 18.1. The molecule has 0 rings (SSSR count). The molecule has 2 amide bonds. The molecule has 0 heterocycles. The van der Waals surface area contributed by atoms with Gasteiger partial charge in [0, 0.05) is 39.8 Å². The van der Waals surface area contributed by atoms with Gasteiger partial charge in [-0.25, -0.2) is 0 Å². The lowest BCUT2D eigenvalue weighted by Gasteiger charge is -2.27. The average molecular weight is 546 g/mol. The van der Waals surface area contributed by atoms with E-state index in [-0.39, 0.29) is 64.2 Å². The number of likely N-dealkylation sites (N-methyl/N-ethyl adjacent to an activating group) is 1. The third kappa shape index (κ3) is 21.3. The van der Waals surface area contributed by atoms with Crippen LogP contribution in [0.2, 0.25) is 0 Å². The highest BCUT2D eigenvalue weighted by molar-refractivity contribution is 5.79. The zero-order chi connectivity index (χ0) is 28.8. The van der Waals surface area contributed by atoms with Gasteiger partial charge >= 0.3 is 17.9 Å². The van der Waals surface area contributed by atoms with Crippen molar-refractivity contribution in [3.63, 3.8) is 0 Å². The molecule has 0 bridgehead atoms. The topological polar surface area (TPSA) is 180 Å². The number of carbonyl (C=O) groups is 5. The lowest BCUT2D eigenvalue weighted by Crippen LogP contribution is -2.47. The third-order valence-electron chi connectivity index (χ3n) is 5.91. The predicted octanol–water partition coefficient (Wildman–Crippen LogP) is 0.149. The molecule has 0 aliphatic carbocycles. The van der Waals surface area contributed by atoms with E-state index in [9.17, 15) is 34.2 Å². The molecule has 0 aromatic rings. The van der Waals surface area contributed by atoms with Crippen LogP contribution in [0.15, 0.2) is 0 Å². The van der Waals surface area contributed by atoms with Crippen LogP contribution in [0.1, 0.15) is 58.3 Å². The first-order valence-corrected chi connectivity index (χ1v) is 13.4. The molecule has 0 aromatic carbocycles. The number of aliphatic carboxylic acids is 3. The van der Waals surface area contributed by atoms with Crippen molar-refractivity contribution in [2.45, 2.75) is 58.3 Å². The Labute approximate surface area is 225 Å². The minimum absolute atomic E-state index is 0.116. The van der Waals surface area contributed by atoms with E-state index in [1.54, 1.807) is 0 Å². The van der Waals surface area contributed by atoms with Crippen LogP contribution in [0.4, 0.5) is 0 Å². The molecule has 220 valence electrons. The number of unbranched alkanes of at least 4 members (excludes halogenated alkanes) is 7. The van der Waals surface area contributed by atoms with Gasteiger partial charge in [0.25, 0.3) is 0 Å². The smallest absolute Gasteiger partial charge is 0.317 e. The van der Waals surface area contributed by atoms with Gasteiger partial charge in [0.05, 0.1) is 32.7 Å². The minimum atomic E-state index is -1.12. The highest BCUT2D eigenvalue weighted by atomic mass is 16.4. The van der Waals surface area contributed by atoms with Crippen molar-refractivity contribution in [1.29, 1.82) is 0 Å². The van der Waals surface area contributed by atoms with Crippen LogP contribution in [0.3, 0.4) is 0 Å². The Morgan fingerprint density at radius 1 is 0.553 bits per heavy atom. The maximum absolute atomic E-state index is 12.4. The second-order valence-corrected chi connectivity index (χ2v) is 9.38. The molecule has 13 nitrogen and oxygen atoms in total. The molecule has 0 saturated heterocycles. The van der Waals surface area contributed by atoms with Gasteiger partial charge in [-0.2, -0.15) is 0 Å². The summed E-state index contributed by atoms with van der Waals surface area (Å²) in [7, 11) is 1.43. The molecule has 0 unspecified atom stereocenters. The van der Waals surface area contributed by atoms with Crippen molar-refractivity contribution in [2.24, 2.45) is 0 Å². The molecule has 0 aliphatic heterocycles. The largest absolute Gasteiger partial charge is 0.480 e. The van der Waals surface area contributed by atoms with Crippen molar-refractivity contribution >= 4 is 29.7 Å². The maximum Gasteiger partial charge on any atom is 0.317 e. The summed E-state index contributed by atoms with van der Waals surface area (Å²) < 4.78 is 0. The SMILES string of the molecule is CCCCCCCCCCNC(=O)CN(CCN(CCN(CC(=O)O)CC(=O)NC)CC(=O)O)CC(=O)O. The van der Waals surface area contributed by atoms with E-state index in [0.717, 1.165) is 19.3 Å². The summed E-state index contributed by atoms with van der Waals surface area (Å²) in [6.07, 6.45) is 9.15. The molecule has 0 fully saturated rings. The zero-order valence-electron chi connectivity index (χ0n) is 23.0. The van der Waals surface area contributed by atoms with Crippen LogP contribution < -0.4 is 10.6 Å². The van der Waals surface area contributed by atoms with Crippen molar-refractivity contribution < 1.29 is 39.3 Å². The fourth-order valence-electron chi connectivity index (χ4n) is 3.87. The molecule has 0 saturated carbocycles. The van der Waals surface area contributed by atoms with E-state index >= 15 is 0 Å². The van der Waals surface area contributed by atoms with E-state index in [4.69, 9.17) is 5.11 Å². The number of hydrogen-bond acceptors (Lipinski definition) is 8. The van der Waals surface area contributed by atoms with E-state index in [0.29, 0.717) is 6.54 Å². The summed E-state index contributed by atoms with van der Waals surface area (Å²) in [5, 5.41) is 32.8. The molecular formula is C25H47N5O8. The predicted molar refractivity (Wildman–Crippen MR) is 142 cm³/mol. The van der Waals surface area contributed by atoms with Gasteiger partial charge in [-0.05, 0) is 6.42 Å². The molecule has 0 spiro atoms. The third-order valence-corrected chi connectivity index (χ3v) is 5.91. The summed E-state index contributed by atoms with van der Waals surface area (Å²) in [5.74, 6) is -4.00. The highest BCUT2D eigenvalue weighted by Gasteiger charge is 2.19. The lowest BCUT2D eigenvalue weighted by atomic mass is 10.1. The number of rotatable bonds is 25. The molecular weight excluding hydrogens is 498 g/mol. The highest BCUT2D eigenvalue weighted by Crippen LogP contribution is 2.08. The van der Waals surface area contributed by atoms with E-state index in [1.807, 2.05) is 0 Å². The van der Waals surface area contributed by atoms with Crippen LogP contribution in [0, 0.1) is 0 Å². The number of hydrogen-bond donors (Lipinski definition) is 5. The van der Waals surface area contributed by atoms with Crippen LogP contribution in [-0.2, 0) is 24.0 Å².